The zero-order valence-corrected chi connectivity index (χ0v) is 13.9. The maximum atomic E-state index is 5.78. The summed E-state index contributed by atoms with van der Waals surface area (Å²) >= 11 is 0. The molecule has 3 aromatic rings. The first-order chi connectivity index (χ1) is 12.4. The fourth-order valence-electron chi connectivity index (χ4n) is 3.03. The molecule has 0 amide bonds. The molecule has 7 nitrogen and oxygen atoms in total. The zero-order chi connectivity index (χ0) is 16.9. The smallest absolute Gasteiger partial charge is 0.241 e. The average Bonchev–Trinajstić information content (AvgIpc) is 3.38. The summed E-state index contributed by atoms with van der Waals surface area (Å²) in [4.78, 5) is 10.9. The lowest BCUT2D eigenvalue weighted by molar-refractivity contribution is 0.0640. The van der Waals surface area contributed by atoms with Crippen molar-refractivity contribution in [2.45, 2.75) is 32.0 Å². The van der Waals surface area contributed by atoms with Crippen molar-refractivity contribution in [3.63, 3.8) is 0 Å². The number of rotatable bonds is 7. The van der Waals surface area contributed by atoms with Crippen LogP contribution in [0, 0.1) is 0 Å². The fourth-order valence-corrected chi connectivity index (χ4v) is 3.03. The van der Waals surface area contributed by atoms with Crippen molar-refractivity contribution in [1.29, 1.82) is 0 Å². The van der Waals surface area contributed by atoms with Crippen molar-refractivity contribution in [3.8, 4) is 11.6 Å². The van der Waals surface area contributed by atoms with Gasteiger partial charge < -0.3 is 13.7 Å². The van der Waals surface area contributed by atoms with Gasteiger partial charge in [0.2, 0.25) is 11.7 Å². The highest BCUT2D eigenvalue weighted by molar-refractivity contribution is 5.44. The molecule has 7 heteroatoms. The van der Waals surface area contributed by atoms with Crippen molar-refractivity contribution in [1.82, 2.24) is 20.0 Å². The van der Waals surface area contributed by atoms with Gasteiger partial charge in [0.25, 0.3) is 0 Å². The minimum atomic E-state index is 0.254. The van der Waals surface area contributed by atoms with Gasteiger partial charge in [-0.15, -0.1) is 0 Å². The predicted molar refractivity (Wildman–Crippen MR) is 89.3 cm³/mol. The van der Waals surface area contributed by atoms with Crippen LogP contribution >= 0.6 is 0 Å². The second kappa shape index (κ2) is 7.58. The molecule has 0 radical (unpaired) electrons. The van der Waals surface area contributed by atoms with Gasteiger partial charge in [-0.05, 0) is 36.6 Å². The lowest BCUT2D eigenvalue weighted by Gasteiger charge is -2.23. The number of nitrogens with zero attached hydrogens (tertiary/aromatic N) is 4. The lowest BCUT2D eigenvalue weighted by atomic mass is 10.2. The van der Waals surface area contributed by atoms with Crippen LogP contribution < -0.4 is 0 Å². The van der Waals surface area contributed by atoms with Crippen LogP contribution in [-0.2, 0) is 17.8 Å². The Kier molecular flexibility index (Phi) is 4.85. The normalized spacial score (nSPS) is 17.4. The van der Waals surface area contributed by atoms with Gasteiger partial charge in [0.1, 0.15) is 0 Å². The molecule has 0 N–H and O–H groups in total. The summed E-state index contributed by atoms with van der Waals surface area (Å²) in [6.07, 6.45) is 7.72. The van der Waals surface area contributed by atoms with Gasteiger partial charge in [-0.25, -0.2) is 0 Å². The van der Waals surface area contributed by atoms with Gasteiger partial charge in [-0.3, -0.25) is 9.88 Å². The Morgan fingerprint density at radius 2 is 2.20 bits per heavy atom. The highest BCUT2D eigenvalue weighted by atomic mass is 16.5. The van der Waals surface area contributed by atoms with E-state index in [2.05, 4.69) is 26.1 Å². The molecule has 0 aliphatic carbocycles. The van der Waals surface area contributed by atoms with Crippen LogP contribution in [0.3, 0.4) is 0 Å². The molecule has 4 heterocycles. The van der Waals surface area contributed by atoms with Crippen molar-refractivity contribution >= 4 is 0 Å². The number of pyridine rings is 1. The molecule has 1 aliphatic heterocycles. The molecule has 0 aromatic carbocycles. The first-order valence-corrected chi connectivity index (χ1v) is 8.46. The van der Waals surface area contributed by atoms with E-state index in [9.17, 15) is 0 Å². The molecule has 130 valence electrons. The first kappa shape index (κ1) is 16.0. The van der Waals surface area contributed by atoms with E-state index < -0.39 is 0 Å². The van der Waals surface area contributed by atoms with Crippen LogP contribution in [-0.4, -0.2) is 39.3 Å². The van der Waals surface area contributed by atoms with E-state index in [4.69, 9.17) is 13.7 Å². The van der Waals surface area contributed by atoms with Crippen LogP contribution in [0.4, 0.5) is 0 Å². The van der Waals surface area contributed by atoms with Gasteiger partial charge in [0.15, 0.2) is 5.76 Å². The highest BCUT2D eigenvalue weighted by Crippen LogP contribution is 2.19. The van der Waals surface area contributed by atoms with Gasteiger partial charge in [0, 0.05) is 32.1 Å². The van der Waals surface area contributed by atoms with Crippen molar-refractivity contribution in [2.75, 3.05) is 13.2 Å². The Labute approximate surface area is 145 Å². The molecule has 0 unspecified atom stereocenters. The molecule has 1 atom stereocenters. The standard InChI is InChI=1S/C18H20N4O3/c1-4-14(10-19-7-1)11-22(12-15-5-2-8-23-15)13-17-20-18(21-25-17)16-6-3-9-24-16/h1,3-4,6-7,9-10,15H,2,5,8,11-13H2/t15-/m1/s1. The minimum Gasteiger partial charge on any atom is -0.461 e. The molecule has 1 saturated heterocycles. The number of hydrogen-bond donors (Lipinski definition) is 0. The van der Waals surface area contributed by atoms with Gasteiger partial charge in [0.05, 0.1) is 18.9 Å². The molecular weight excluding hydrogens is 320 g/mol. The minimum absolute atomic E-state index is 0.254. The lowest BCUT2D eigenvalue weighted by Crippen LogP contribution is -2.31. The molecule has 0 spiro atoms. The van der Waals surface area contributed by atoms with E-state index in [0.717, 1.165) is 38.1 Å². The molecule has 25 heavy (non-hydrogen) atoms. The summed E-state index contributed by atoms with van der Waals surface area (Å²) in [6.45, 7) is 2.98. The van der Waals surface area contributed by atoms with Gasteiger partial charge in [-0.1, -0.05) is 11.2 Å². The largest absolute Gasteiger partial charge is 0.461 e. The van der Waals surface area contributed by atoms with E-state index in [1.807, 2.05) is 18.3 Å². The third-order valence-corrected chi connectivity index (χ3v) is 4.18. The van der Waals surface area contributed by atoms with Crippen LogP contribution in [0.5, 0.6) is 0 Å². The molecule has 0 bridgehead atoms. The van der Waals surface area contributed by atoms with Crippen LogP contribution in [0.25, 0.3) is 11.6 Å². The third-order valence-electron chi connectivity index (χ3n) is 4.18. The van der Waals surface area contributed by atoms with E-state index in [1.54, 1.807) is 18.5 Å². The third kappa shape index (κ3) is 4.12. The SMILES string of the molecule is c1cncc(CN(Cc2nc(-c3ccco3)no2)C[C@H]2CCCO2)c1. The average molecular weight is 340 g/mol. The topological polar surface area (TPSA) is 77.4 Å². The van der Waals surface area contributed by atoms with Crippen molar-refractivity contribution < 1.29 is 13.7 Å². The number of hydrogen-bond acceptors (Lipinski definition) is 7. The highest BCUT2D eigenvalue weighted by Gasteiger charge is 2.21. The summed E-state index contributed by atoms with van der Waals surface area (Å²) in [5.74, 6) is 1.64. The number of furan rings is 1. The van der Waals surface area contributed by atoms with E-state index in [0.29, 0.717) is 24.0 Å². The monoisotopic (exact) mass is 340 g/mol. The van der Waals surface area contributed by atoms with E-state index >= 15 is 0 Å². The molecular formula is C18H20N4O3. The quantitative estimate of drug-likeness (QED) is 0.654. The Bertz CT molecular complexity index is 767. The summed E-state index contributed by atoms with van der Waals surface area (Å²) in [7, 11) is 0. The van der Waals surface area contributed by atoms with Crippen LogP contribution in [0.15, 0.2) is 51.9 Å². The van der Waals surface area contributed by atoms with E-state index in [-0.39, 0.29) is 6.10 Å². The van der Waals surface area contributed by atoms with Gasteiger partial charge >= 0.3 is 0 Å². The van der Waals surface area contributed by atoms with Crippen molar-refractivity contribution in [3.05, 3.63) is 54.4 Å². The zero-order valence-electron chi connectivity index (χ0n) is 13.9. The molecule has 1 aliphatic rings. The number of ether oxygens (including phenoxy) is 1. The predicted octanol–water partition coefficient (Wildman–Crippen LogP) is 2.91. The van der Waals surface area contributed by atoms with Crippen molar-refractivity contribution in [2.24, 2.45) is 0 Å². The van der Waals surface area contributed by atoms with E-state index in [1.165, 1.54) is 0 Å². The summed E-state index contributed by atoms with van der Waals surface area (Å²) in [5.41, 5.74) is 1.14. The molecule has 1 fully saturated rings. The molecule has 3 aromatic heterocycles. The number of aromatic nitrogens is 3. The Morgan fingerprint density at radius 1 is 1.20 bits per heavy atom. The van der Waals surface area contributed by atoms with Gasteiger partial charge in [-0.2, -0.15) is 4.98 Å². The maximum Gasteiger partial charge on any atom is 0.241 e. The second-order valence-electron chi connectivity index (χ2n) is 6.15. The summed E-state index contributed by atoms with van der Waals surface area (Å²) < 4.78 is 16.5. The summed E-state index contributed by atoms with van der Waals surface area (Å²) in [6, 6.07) is 7.63. The molecule has 0 saturated carbocycles. The Hall–Kier alpha value is -2.51. The molecule has 4 rings (SSSR count). The van der Waals surface area contributed by atoms with Crippen LogP contribution in [0.2, 0.25) is 0 Å². The Balaban J connectivity index is 1.47. The first-order valence-electron chi connectivity index (χ1n) is 8.46. The fraction of sp³-hybridized carbons (Fsp3) is 0.389. The summed E-state index contributed by atoms with van der Waals surface area (Å²) in [5, 5.41) is 4.00. The maximum absolute atomic E-state index is 5.78. The Morgan fingerprint density at radius 3 is 2.96 bits per heavy atom. The van der Waals surface area contributed by atoms with Crippen LogP contribution in [0.1, 0.15) is 24.3 Å². The second-order valence-corrected chi connectivity index (χ2v) is 6.15.